The number of pyridine rings is 1. The molecule has 1 aromatic heterocycles. The third-order valence-electron chi connectivity index (χ3n) is 4.38. The highest BCUT2D eigenvalue weighted by molar-refractivity contribution is 7.99. The molecule has 1 aromatic rings. The maximum absolute atomic E-state index is 6.22. The van der Waals surface area contributed by atoms with E-state index in [1.807, 2.05) is 0 Å². The molecule has 2 saturated heterocycles. The molecule has 3 heterocycles. The third kappa shape index (κ3) is 4.26. The Hall–Kier alpha value is -0.0000000000000000555. The lowest BCUT2D eigenvalue weighted by molar-refractivity contribution is 0.112. The molecule has 0 aromatic carbocycles. The van der Waals surface area contributed by atoms with Gasteiger partial charge in [-0.05, 0) is 18.9 Å². The van der Waals surface area contributed by atoms with Crippen LogP contribution in [0.4, 0.5) is 0 Å². The second kappa shape index (κ2) is 7.51. The van der Waals surface area contributed by atoms with Crippen LogP contribution in [0.25, 0.3) is 0 Å². The van der Waals surface area contributed by atoms with Gasteiger partial charge in [-0.25, -0.2) is 0 Å². The first kappa shape index (κ1) is 15.9. The van der Waals surface area contributed by atoms with Crippen molar-refractivity contribution in [2.24, 2.45) is 0 Å². The molecule has 0 spiro atoms. The Bertz CT molecular complexity index is 472. The minimum atomic E-state index is 0.602. The number of aromatic nitrogens is 1. The van der Waals surface area contributed by atoms with E-state index in [1.54, 1.807) is 12.3 Å². The zero-order chi connectivity index (χ0) is 14.7. The fourth-order valence-corrected chi connectivity index (χ4v) is 4.53. The topological polar surface area (TPSA) is 19.4 Å². The van der Waals surface area contributed by atoms with E-state index in [1.165, 1.54) is 37.4 Å². The highest BCUT2D eigenvalue weighted by atomic mass is 35.5. The van der Waals surface area contributed by atoms with Crippen LogP contribution in [0.1, 0.15) is 18.5 Å². The van der Waals surface area contributed by atoms with E-state index in [2.05, 4.69) is 26.5 Å². The van der Waals surface area contributed by atoms with Crippen LogP contribution in [-0.4, -0.2) is 58.5 Å². The minimum absolute atomic E-state index is 0.602. The zero-order valence-corrected chi connectivity index (χ0v) is 14.4. The van der Waals surface area contributed by atoms with Gasteiger partial charge in [-0.3, -0.25) is 14.8 Å². The van der Waals surface area contributed by atoms with Gasteiger partial charge in [0.2, 0.25) is 0 Å². The van der Waals surface area contributed by atoms with E-state index < -0.39 is 0 Å². The zero-order valence-electron chi connectivity index (χ0n) is 12.1. The normalized spacial score (nSPS) is 22.6. The van der Waals surface area contributed by atoms with Gasteiger partial charge in [-0.15, -0.1) is 0 Å². The van der Waals surface area contributed by atoms with Crippen LogP contribution in [0.15, 0.2) is 12.3 Å². The summed E-state index contributed by atoms with van der Waals surface area (Å²) in [6.45, 7) is 5.63. The van der Waals surface area contributed by atoms with E-state index >= 15 is 0 Å². The van der Waals surface area contributed by atoms with Crippen LogP contribution < -0.4 is 0 Å². The molecule has 3 rings (SSSR count). The summed E-state index contributed by atoms with van der Waals surface area (Å²) in [7, 11) is 0. The fraction of sp³-hybridized carbons (Fsp3) is 0.667. The second-order valence-electron chi connectivity index (χ2n) is 5.74. The van der Waals surface area contributed by atoms with Gasteiger partial charge in [0.25, 0.3) is 0 Å². The number of rotatable bonds is 3. The summed E-state index contributed by atoms with van der Waals surface area (Å²) >= 11 is 14.2. The molecular weight excluding hydrogens is 325 g/mol. The lowest BCUT2D eigenvalue weighted by Crippen LogP contribution is -2.47. The molecular formula is C15H21Cl2N3S. The van der Waals surface area contributed by atoms with Gasteiger partial charge in [-0.2, -0.15) is 11.8 Å². The lowest BCUT2D eigenvalue weighted by Gasteiger charge is -2.40. The molecule has 0 unspecified atom stereocenters. The second-order valence-corrected chi connectivity index (χ2v) is 7.81. The Labute approximate surface area is 141 Å². The molecule has 0 radical (unpaired) electrons. The first-order valence-electron chi connectivity index (χ1n) is 7.56. The average molecular weight is 346 g/mol. The molecule has 0 N–H and O–H groups in total. The number of piperidine rings is 1. The third-order valence-corrected chi connectivity index (χ3v) is 5.85. The number of thioether (sulfide) groups is 1. The van der Waals surface area contributed by atoms with E-state index in [9.17, 15) is 0 Å². The number of nitrogens with zero attached hydrogens (tertiary/aromatic N) is 3. The summed E-state index contributed by atoms with van der Waals surface area (Å²) < 4.78 is 0. The molecule has 116 valence electrons. The summed E-state index contributed by atoms with van der Waals surface area (Å²) in [5.74, 6) is 2.59. The van der Waals surface area contributed by atoms with Crippen LogP contribution in [0.3, 0.4) is 0 Å². The van der Waals surface area contributed by atoms with E-state index in [-0.39, 0.29) is 0 Å². The average Bonchev–Trinajstić information content (AvgIpc) is 2.52. The summed E-state index contributed by atoms with van der Waals surface area (Å²) in [5.41, 5.74) is 0.939. The van der Waals surface area contributed by atoms with Gasteiger partial charge in [0, 0.05) is 56.5 Å². The number of hydrogen-bond acceptors (Lipinski definition) is 4. The smallest absolute Gasteiger partial charge is 0.0730 e. The summed E-state index contributed by atoms with van der Waals surface area (Å²) in [4.78, 5) is 9.50. The van der Waals surface area contributed by atoms with Crippen molar-refractivity contribution in [3.8, 4) is 0 Å². The molecule has 0 bridgehead atoms. The van der Waals surface area contributed by atoms with Crippen molar-refractivity contribution in [1.29, 1.82) is 0 Å². The molecule has 0 saturated carbocycles. The van der Waals surface area contributed by atoms with Gasteiger partial charge in [0.1, 0.15) is 0 Å². The van der Waals surface area contributed by atoms with E-state index in [0.717, 1.165) is 31.4 Å². The van der Waals surface area contributed by atoms with Gasteiger partial charge >= 0.3 is 0 Å². The molecule has 6 heteroatoms. The minimum Gasteiger partial charge on any atom is -0.299 e. The number of hydrogen-bond donors (Lipinski definition) is 0. The maximum Gasteiger partial charge on any atom is 0.0730 e. The van der Waals surface area contributed by atoms with Crippen molar-refractivity contribution in [1.82, 2.24) is 14.8 Å². The predicted molar refractivity (Wildman–Crippen MR) is 91.5 cm³/mol. The highest BCUT2D eigenvalue weighted by Gasteiger charge is 2.26. The maximum atomic E-state index is 6.22. The van der Waals surface area contributed by atoms with Crippen LogP contribution in [0.5, 0.6) is 0 Å². The molecule has 2 aliphatic heterocycles. The quantitative estimate of drug-likeness (QED) is 0.835. The van der Waals surface area contributed by atoms with Crippen molar-refractivity contribution in [3.63, 3.8) is 0 Å². The van der Waals surface area contributed by atoms with Crippen molar-refractivity contribution < 1.29 is 0 Å². The Kier molecular flexibility index (Phi) is 5.68. The predicted octanol–water partition coefficient (Wildman–Crippen LogP) is 3.40. The van der Waals surface area contributed by atoms with Crippen molar-refractivity contribution in [2.45, 2.75) is 25.4 Å². The SMILES string of the molecule is Clc1cnc(CN2CCC(N3CCSCC3)CC2)c(Cl)c1. The largest absolute Gasteiger partial charge is 0.299 e. The van der Waals surface area contributed by atoms with E-state index in [4.69, 9.17) is 23.2 Å². The standard InChI is InChI=1S/C15H21Cl2N3S/c16-12-9-14(17)15(18-10-12)11-19-3-1-13(2-4-19)20-5-7-21-8-6-20/h9-10,13H,1-8,11H2. The Morgan fingerprint density at radius 3 is 2.52 bits per heavy atom. The first-order valence-corrected chi connectivity index (χ1v) is 9.47. The van der Waals surface area contributed by atoms with Crippen molar-refractivity contribution >= 4 is 35.0 Å². The van der Waals surface area contributed by atoms with Crippen LogP contribution in [0.2, 0.25) is 10.0 Å². The van der Waals surface area contributed by atoms with Crippen LogP contribution >= 0.6 is 35.0 Å². The number of halogens is 2. The van der Waals surface area contributed by atoms with Gasteiger partial charge in [0.15, 0.2) is 0 Å². The molecule has 0 atom stereocenters. The molecule has 0 aliphatic carbocycles. The Balaban J connectivity index is 1.51. The molecule has 2 fully saturated rings. The molecule has 21 heavy (non-hydrogen) atoms. The Morgan fingerprint density at radius 1 is 1.14 bits per heavy atom. The van der Waals surface area contributed by atoms with Gasteiger partial charge < -0.3 is 0 Å². The highest BCUT2D eigenvalue weighted by Crippen LogP contribution is 2.24. The summed E-state index contributed by atoms with van der Waals surface area (Å²) in [6, 6.07) is 2.56. The van der Waals surface area contributed by atoms with Gasteiger partial charge in [-0.1, -0.05) is 23.2 Å². The monoisotopic (exact) mass is 345 g/mol. The molecule has 2 aliphatic rings. The first-order chi connectivity index (χ1) is 10.2. The van der Waals surface area contributed by atoms with E-state index in [0.29, 0.717) is 10.0 Å². The van der Waals surface area contributed by atoms with Crippen molar-refractivity contribution in [3.05, 3.63) is 28.0 Å². The Morgan fingerprint density at radius 2 is 1.86 bits per heavy atom. The lowest BCUT2D eigenvalue weighted by atomic mass is 10.0. The fourth-order valence-electron chi connectivity index (χ4n) is 3.16. The molecule has 0 amide bonds. The number of likely N-dealkylation sites (tertiary alicyclic amines) is 1. The van der Waals surface area contributed by atoms with Crippen LogP contribution in [-0.2, 0) is 6.54 Å². The van der Waals surface area contributed by atoms with Crippen molar-refractivity contribution in [2.75, 3.05) is 37.7 Å². The summed E-state index contributed by atoms with van der Waals surface area (Å²) in [5, 5.41) is 1.28. The summed E-state index contributed by atoms with van der Waals surface area (Å²) in [6.07, 6.45) is 4.20. The van der Waals surface area contributed by atoms with Crippen LogP contribution in [0, 0.1) is 0 Å². The van der Waals surface area contributed by atoms with Gasteiger partial charge in [0.05, 0.1) is 15.7 Å². The molecule has 3 nitrogen and oxygen atoms in total.